The van der Waals surface area contributed by atoms with Gasteiger partial charge in [0.1, 0.15) is 10.2 Å². The molecule has 0 saturated carbocycles. The fourth-order valence-electron chi connectivity index (χ4n) is 1.35. The highest BCUT2D eigenvalue weighted by molar-refractivity contribution is 9.10. The third kappa shape index (κ3) is 2.46. The molecule has 2 aromatic heterocycles. The molecule has 0 radical (unpaired) electrons. The highest BCUT2D eigenvalue weighted by Gasteiger charge is 2.21. The lowest BCUT2D eigenvalue weighted by molar-refractivity contribution is 0.0521. The number of carbonyl (C=O) groups excluding carboxylic acids is 1. The maximum absolute atomic E-state index is 11.9. The van der Waals surface area contributed by atoms with Crippen molar-refractivity contribution < 1.29 is 9.53 Å². The molecule has 0 atom stereocenters. The van der Waals surface area contributed by atoms with Gasteiger partial charge in [-0.2, -0.15) is 5.10 Å². The van der Waals surface area contributed by atoms with Gasteiger partial charge >= 0.3 is 6.09 Å². The van der Waals surface area contributed by atoms with E-state index in [1.807, 2.05) is 6.07 Å². The third-order valence-electron chi connectivity index (χ3n) is 1.96. The summed E-state index contributed by atoms with van der Waals surface area (Å²) in [4.78, 5) is 16.0. The molecule has 2 heterocycles. The summed E-state index contributed by atoms with van der Waals surface area (Å²) in [6.07, 6.45) is 1.07. The first-order chi connectivity index (χ1) is 7.88. The zero-order valence-electron chi connectivity index (χ0n) is 9.77. The van der Waals surface area contributed by atoms with Gasteiger partial charge in [0.05, 0.1) is 5.39 Å². The molecule has 0 fully saturated rings. The Kier molecular flexibility index (Phi) is 2.91. The van der Waals surface area contributed by atoms with Gasteiger partial charge in [0.2, 0.25) is 0 Å². The maximum Gasteiger partial charge on any atom is 0.437 e. The van der Waals surface area contributed by atoms with Crippen LogP contribution in [-0.2, 0) is 4.74 Å². The van der Waals surface area contributed by atoms with Gasteiger partial charge < -0.3 is 4.74 Å². The highest BCUT2D eigenvalue weighted by Crippen LogP contribution is 2.22. The SMILES string of the molecule is CC(C)(C)OC(=O)n1nc(Br)c2cccnc21. The predicted molar refractivity (Wildman–Crippen MR) is 66.9 cm³/mol. The van der Waals surface area contributed by atoms with Crippen molar-refractivity contribution in [3.8, 4) is 0 Å². The van der Waals surface area contributed by atoms with E-state index in [1.165, 1.54) is 0 Å². The van der Waals surface area contributed by atoms with Crippen LogP contribution in [0.4, 0.5) is 4.79 Å². The van der Waals surface area contributed by atoms with E-state index in [1.54, 1.807) is 33.0 Å². The topological polar surface area (TPSA) is 57.0 Å². The van der Waals surface area contributed by atoms with Crippen LogP contribution in [0.5, 0.6) is 0 Å². The number of fused-ring (bicyclic) bond motifs is 1. The minimum atomic E-state index is -0.559. The normalized spacial score (nSPS) is 11.8. The van der Waals surface area contributed by atoms with E-state index in [0.717, 1.165) is 10.1 Å². The molecule has 6 heteroatoms. The number of carbonyl (C=O) groups is 1. The van der Waals surface area contributed by atoms with E-state index in [2.05, 4.69) is 26.0 Å². The van der Waals surface area contributed by atoms with Crippen LogP contribution in [-0.4, -0.2) is 26.5 Å². The largest absolute Gasteiger partial charge is 0.442 e. The first-order valence-electron chi connectivity index (χ1n) is 5.11. The first-order valence-corrected chi connectivity index (χ1v) is 5.90. The Hall–Kier alpha value is -1.43. The molecule has 2 rings (SSSR count). The van der Waals surface area contributed by atoms with Gasteiger partial charge in [-0.3, -0.25) is 0 Å². The molecule has 0 N–H and O–H groups in total. The molecule has 90 valence electrons. The molecule has 0 spiro atoms. The number of halogens is 1. The van der Waals surface area contributed by atoms with Crippen LogP contribution in [0.25, 0.3) is 11.0 Å². The van der Waals surface area contributed by atoms with Gasteiger partial charge in [-0.25, -0.2) is 9.78 Å². The summed E-state index contributed by atoms with van der Waals surface area (Å²) in [6.45, 7) is 5.41. The van der Waals surface area contributed by atoms with Crippen LogP contribution in [0.2, 0.25) is 0 Å². The van der Waals surface area contributed by atoms with E-state index in [-0.39, 0.29) is 0 Å². The Balaban J connectivity index is 2.46. The van der Waals surface area contributed by atoms with Crippen LogP contribution in [0.15, 0.2) is 22.9 Å². The predicted octanol–water partition coefficient (Wildman–Crippen LogP) is 2.98. The second-order valence-corrected chi connectivity index (χ2v) is 5.31. The molecular weight excluding hydrogens is 286 g/mol. The van der Waals surface area contributed by atoms with Crippen molar-refractivity contribution in [2.45, 2.75) is 26.4 Å². The van der Waals surface area contributed by atoms with E-state index >= 15 is 0 Å². The summed E-state index contributed by atoms with van der Waals surface area (Å²) < 4.78 is 6.98. The molecule has 17 heavy (non-hydrogen) atoms. The molecule has 0 amide bonds. The van der Waals surface area contributed by atoms with Gasteiger partial charge in [0, 0.05) is 6.20 Å². The monoisotopic (exact) mass is 297 g/mol. The Labute approximate surface area is 107 Å². The summed E-state index contributed by atoms with van der Waals surface area (Å²) in [5, 5.41) is 4.85. The molecule has 0 aliphatic rings. The molecular formula is C11H12BrN3O2. The Bertz CT molecular complexity index is 572. The lowest BCUT2D eigenvalue weighted by Gasteiger charge is -2.18. The third-order valence-corrected chi connectivity index (χ3v) is 2.55. The fourth-order valence-corrected chi connectivity index (χ4v) is 1.82. The molecule has 0 unspecified atom stereocenters. The highest BCUT2D eigenvalue weighted by atomic mass is 79.9. The van der Waals surface area contributed by atoms with Gasteiger partial charge in [-0.1, -0.05) is 0 Å². The van der Waals surface area contributed by atoms with Crippen molar-refractivity contribution in [3.05, 3.63) is 22.9 Å². The van der Waals surface area contributed by atoms with Gasteiger partial charge in [-0.15, -0.1) is 4.68 Å². The maximum atomic E-state index is 11.9. The average Bonchev–Trinajstić information content (AvgIpc) is 2.55. The van der Waals surface area contributed by atoms with Gasteiger partial charge in [0.25, 0.3) is 0 Å². The zero-order valence-corrected chi connectivity index (χ0v) is 11.4. The first kappa shape index (κ1) is 12.0. The van der Waals surface area contributed by atoms with Gasteiger partial charge in [0.15, 0.2) is 5.65 Å². The van der Waals surface area contributed by atoms with Crippen LogP contribution in [0.3, 0.4) is 0 Å². The van der Waals surface area contributed by atoms with Gasteiger partial charge in [-0.05, 0) is 48.8 Å². The van der Waals surface area contributed by atoms with E-state index < -0.39 is 11.7 Å². The summed E-state index contributed by atoms with van der Waals surface area (Å²) in [7, 11) is 0. The van der Waals surface area contributed by atoms with Crippen LogP contribution >= 0.6 is 15.9 Å². The van der Waals surface area contributed by atoms with Crippen molar-refractivity contribution in [2.24, 2.45) is 0 Å². The average molecular weight is 298 g/mol. The number of pyridine rings is 1. The second-order valence-electron chi connectivity index (χ2n) is 4.56. The summed E-state index contributed by atoms with van der Waals surface area (Å²) in [6, 6.07) is 3.62. The molecule has 0 aliphatic carbocycles. The number of hydrogen-bond acceptors (Lipinski definition) is 4. The van der Waals surface area contributed by atoms with E-state index in [0.29, 0.717) is 10.3 Å². The Morgan fingerprint density at radius 3 is 2.82 bits per heavy atom. The summed E-state index contributed by atoms with van der Waals surface area (Å²) in [5.74, 6) is 0. The summed E-state index contributed by atoms with van der Waals surface area (Å²) in [5.41, 5.74) is -0.0787. The zero-order chi connectivity index (χ0) is 12.6. The van der Waals surface area contributed by atoms with Crippen molar-refractivity contribution in [3.63, 3.8) is 0 Å². The quantitative estimate of drug-likeness (QED) is 0.750. The van der Waals surface area contributed by atoms with Crippen LogP contribution in [0.1, 0.15) is 20.8 Å². The molecule has 0 aliphatic heterocycles. The molecule has 0 bridgehead atoms. The van der Waals surface area contributed by atoms with Crippen molar-refractivity contribution >= 4 is 33.1 Å². The van der Waals surface area contributed by atoms with E-state index in [9.17, 15) is 4.79 Å². The lowest BCUT2D eigenvalue weighted by Crippen LogP contribution is -2.27. The number of ether oxygens (including phenoxy) is 1. The number of nitrogens with zero attached hydrogens (tertiary/aromatic N) is 3. The van der Waals surface area contributed by atoms with E-state index in [4.69, 9.17) is 4.74 Å². The van der Waals surface area contributed by atoms with Crippen molar-refractivity contribution in [1.82, 2.24) is 14.8 Å². The van der Waals surface area contributed by atoms with Crippen LogP contribution in [0, 0.1) is 0 Å². The lowest BCUT2D eigenvalue weighted by atomic mass is 10.2. The standard InChI is InChI=1S/C11H12BrN3O2/c1-11(2,3)17-10(16)15-9-7(8(12)14-15)5-4-6-13-9/h4-6H,1-3H3. The van der Waals surface area contributed by atoms with Crippen molar-refractivity contribution in [1.29, 1.82) is 0 Å². The number of rotatable bonds is 0. The summed E-state index contributed by atoms with van der Waals surface area (Å²) >= 11 is 3.29. The minimum absolute atomic E-state index is 0.480. The molecule has 5 nitrogen and oxygen atoms in total. The Morgan fingerprint density at radius 1 is 1.47 bits per heavy atom. The van der Waals surface area contributed by atoms with Crippen LogP contribution < -0.4 is 0 Å². The molecule has 0 aromatic carbocycles. The second kappa shape index (κ2) is 4.10. The molecule has 0 saturated heterocycles. The smallest absolute Gasteiger partial charge is 0.437 e. The number of aromatic nitrogens is 3. The minimum Gasteiger partial charge on any atom is -0.442 e. The molecule has 2 aromatic rings. The Morgan fingerprint density at radius 2 is 2.18 bits per heavy atom. The number of hydrogen-bond donors (Lipinski definition) is 0. The van der Waals surface area contributed by atoms with Crippen molar-refractivity contribution in [2.75, 3.05) is 0 Å². The fraction of sp³-hybridized carbons (Fsp3) is 0.364.